The third kappa shape index (κ3) is 6.30. The van der Waals surface area contributed by atoms with Crippen LogP contribution in [-0.4, -0.2) is 68.2 Å². The summed E-state index contributed by atoms with van der Waals surface area (Å²) < 4.78 is 13.9. The summed E-state index contributed by atoms with van der Waals surface area (Å²) in [5, 5.41) is 37.3. The first kappa shape index (κ1) is 27.6. The third-order valence-electron chi connectivity index (χ3n) is 4.29. The van der Waals surface area contributed by atoms with E-state index >= 15 is 0 Å². The Kier molecular flexibility index (Phi) is 8.04. The number of ether oxygens (including phenoxy) is 3. The molecule has 37 heavy (non-hydrogen) atoms. The second-order valence-corrected chi connectivity index (χ2v) is 6.87. The lowest BCUT2D eigenvalue weighted by Crippen LogP contribution is -2.20. The zero-order chi connectivity index (χ0) is 28.2. The van der Waals surface area contributed by atoms with Crippen molar-refractivity contribution in [2.75, 3.05) is 0 Å². The van der Waals surface area contributed by atoms with Crippen LogP contribution in [0.15, 0.2) is 24.3 Å². The van der Waals surface area contributed by atoms with E-state index in [4.69, 9.17) is 0 Å². The maximum Gasteiger partial charge on any atom is 0.347 e. The average molecular weight is 518 g/mol. The number of carboxylic acids is 4. The molecule has 0 aliphatic carbocycles. The number of hydrogen-bond donors (Lipinski definition) is 4. The van der Waals surface area contributed by atoms with Gasteiger partial charge in [0.25, 0.3) is 0 Å². The zero-order valence-corrected chi connectivity index (χ0v) is 18.6. The van der Waals surface area contributed by atoms with E-state index in [9.17, 15) is 58.8 Å². The Morgan fingerprint density at radius 1 is 0.486 bits per heavy atom. The molecular weight excluding hydrogens is 504 g/mol. The zero-order valence-electron chi connectivity index (χ0n) is 18.6. The topological polar surface area (TPSA) is 245 Å². The lowest BCUT2D eigenvalue weighted by atomic mass is 10.0. The van der Waals surface area contributed by atoms with Gasteiger partial charge in [0.2, 0.25) is 0 Å². The highest BCUT2D eigenvalue weighted by atomic mass is 16.6. The number of carbonyl (C=O) groups excluding carboxylic acids is 4. The highest BCUT2D eigenvalue weighted by Gasteiger charge is 2.30. The van der Waals surface area contributed by atoms with Gasteiger partial charge < -0.3 is 34.6 Å². The van der Waals surface area contributed by atoms with Crippen LogP contribution in [0, 0.1) is 0 Å². The molecule has 2 aromatic rings. The molecule has 0 heterocycles. The van der Waals surface area contributed by atoms with E-state index in [1.165, 1.54) is 0 Å². The van der Waals surface area contributed by atoms with Gasteiger partial charge in [0, 0.05) is 13.8 Å². The van der Waals surface area contributed by atoms with Crippen molar-refractivity contribution >= 4 is 47.8 Å². The van der Waals surface area contributed by atoms with Crippen molar-refractivity contribution < 1.29 is 73.0 Å². The Balaban J connectivity index is 2.64. The summed E-state index contributed by atoms with van der Waals surface area (Å²) in [6.07, 6.45) is 0. The van der Waals surface area contributed by atoms with Gasteiger partial charge in [-0.1, -0.05) is 0 Å². The van der Waals surface area contributed by atoms with Crippen molar-refractivity contribution in [1.29, 1.82) is 0 Å². The number of carbonyl (C=O) groups is 8. The predicted octanol–water partition coefficient (Wildman–Crippen LogP) is 1.33. The van der Waals surface area contributed by atoms with Crippen LogP contribution < -0.4 is 9.47 Å². The Labute approximate surface area is 204 Å². The van der Waals surface area contributed by atoms with Crippen LogP contribution in [-0.2, 0) is 14.3 Å². The fraction of sp³-hybridized carbons (Fsp3) is 0.0909. The molecule has 4 N–H and O–H groups in total. The lowest BCUT2D eigenvalue weighted by Gasteiger charge is -2.13. The first-order valence-electron chi connectivity index (χ1n) is 9.56. The van der Waals surface area contributed by atoms with Gasteiger partial charge in [-0.25, -0.2) is 28.8 Å². The molecule has 0 fully saturated rings. The molecule has 192 valence electrons. The van der Waals surface area contributed by atoms with E-state index in [0.717, 1.165) is 13.8 Å². The SMILES string of the molecule is CC(=O)Oc1cc(C(=O)OC(=O)c2cc(OC(C)=O)c(C(=O)O)cc2C(=O)O)c(C(=O)O)cc1C(=O)O. The monoisotopic (exact) mass is 518 g/mol. The molecule has 0 radical (unpaired) electrons. The molecule has 0 saturated carbocycles. The molecule has 2 aromatic carbocycles. The van der Waals surface area contributed by atoms with Crippen LogP contribution in [0.25, 0.3) is 0 Å². The molecule has 15 heteroatoms. The van der Waals surface area contributed by atoms with Gasteiger partial charge in [-0.2, -0.15) is 0 Å². The van der Waals surface area contributed by atoms with Crippen LogP contribution in [0.1, 0.15) is 76.0 Å². The minimum absolute atomic E-state index is 0.465. The lowest BCUT2D eigenvalue weighted by molar-refractivity contribution is -0.132. The molecule has 0 atom stereocenters. The van der Waals surface area contributed by atoms with Gasteiger partial charge in [-0.05, 0) is 24.3 Å². The van der Waals surface area contributed by atoms with Gasteiger partial charge >= 0.3 is 47.8 Å². The standard InChI is InChI=1S/C22H14O15/c1-7(23)35-15-5-11(9(17(25)26)3-13(15)19(29)30)21(33)37-22(34)12-6-16(36-8(2)24)14(20(31)32)4-10(12)18(27)28/h3-6H,1-2H3,(H,25,26)(H,27,28)(H,29,30)(H,31,32). The highest BCUT2D eigenvalue weighted by Crippen LogP contribution is 2.28. The molecule has 0 aliphatic rings. The molecule has 0 bridgehead atoms. The summed E-state index contributed by atoms with van der Waals surface area (Å²) in [7, 11) is 0. The summed E-state index contributed by atoms with van der Waals surface area (Å²) >= 11 is 0. The largest absolute Gasteiger partial charge is 0.478 e. The number of carboxylic acid groups (broad SMARTS) is 4. The Hall–Kier alpha value is -5.60. The highest BCUT2D eigenvalue weighted by molar-refractivity contribution is 6.12. The van der Waals surface area contributed by atoms with Crippen molar-refractivity contribution in [3.05, 3.63) is 57.6 Å². The van der Waals surface area contributed by atoms with E-state index in [2.05, 4.69) is 14.2 Å². The minimum atomic E-state index is -1.84. The Bertz CT molecular complexity index is 1290. The van der Waals surface area contributed by atoms with E-state index in [1.54, 1.807) is 0 Å². The van der Waals surface area contributed by atoms with Crippen molar-refractivity contribution in [2.24, 2.45) is 0 Å². The van der Waals surface area contributed by atoms with Crippen molar-refractivity contribution in [1.82, 2.24) is 0 Å². The number of esters is 4. The number of aromatic carboxylic acids is 4. The maximum atomic E-state index is 12.7. The number of benzene rings is 2. The molecule has 0 unspecified atom stereocenters. The molecule has 15 nitrogen and oxygen atoms in total. The molecule has 0 spiro atoms. The first-order valence-corrected chi connectivity index (χ1v) is 9.56. The first-order chi connectivity index (χ1) is 17.1. The maximum absolute atomic E-state index is 12.7. The normalized spacial score (nSPS) is 10.1. The number of rotatable bonds is 8. The summed E-state index contributed by atoms with van der Waals surface area (Å²) in [6, 6.07) is 1.96. The van der Waals surface area contributed by atoms with Gasteiger partial charge in [-0.3, -0.25) is 9.59 Å². The molecule has 0 saturated heterocycles. The van der Waals surface area contributed by atoms with Crippen LogP contribution in [0.4, 0.5) is 0 Å². The van der Waals surface area contributed by atoms with Crippen molar-refractivity contribution in [2.45, 2.75) is 13.8 Å². The third-order valence-corrected chi connectivity index (χ3v) is 4.29. The second kappa shape index (κ2) is 10.8. The molecule has 0 amide bonds. The molecule has 2 rings (SSSR count). The van der Waals surface area contributed by atoms with Crippen molar-refractivity contribution in [3.8, 4) is 11.5 Å². The summed E-state index contributed by atoms with van der Waals surface area (Å²) in [5.41, 5.74) is -5.52. The van der Waals surface area contributed by atoms with Gasteiger partial charge in [0.15, 0.2) is 0 Å². The van der Waals surface area contributed by atoms with Gasteiger partial charge in [-0.15, -0.1) is 0 Å². The summed E-state index contributed by atoms with van der Waals surface area (Å²) in [4.78, 5) is 94.0. The van der Waals surface area contributed by atoms with Gasteiger partial charge in [0.05, 0.1) is 22.3 Å². The van der Waals surface area contributed by atoms with E-state index in [1.807, 2.05) is 0 Å². The molecule has 0 aromatic heterocycles. The van der Waals surface area contributed by atoms with Crippen LogP contribution in [0.3, 0.4) is 0 Å². The number of hydrogen-bond acceptors (Lipinski definition) is 11. The second-order valence-electron chi connectivity index (χ2n) is 6.87. The van der Waals surface area contributed by atoms with Crippen LogP contribution in [0.5, 0.6) is 11.5 Å². The van der Waals surface area contributed by atoms with Crippen LogP contribution in [0.2, 0.25) is 0 Å². The van der Waals surface area contributed by atoms with Gasteiger partial charge in [0.1, 0.15) is 22.6 Å². The van der Waals surface area contributed by atoms with E-state index < -0.39 is 92.6 Å². The molecular formula is C22H14O15. The quantitative estimate of drug-likeness (QED) is 0.219. The minimum Gasteiger partial charge on any atom is -0.478 e. The Morgan fingerprint density at radius 2 is 0.784 bits per heavy atom. The fourth-order valence-corrected chi connectivity index (χ4v) is 2.86. The average Bonchev–Trinajstić information content (AvgIpc) is 2.76. The Morgan fingerprint density at radius 3 is 1.03 bits per heavy atom. The smallest absolute Gasteiger partial charge is 0.347 e. The summed E-state index contributed by atoms with van der Waals surface area (Å²) in [6.45, 7) is 1.76. The van der Waals surface area contributed by atoms with Crippen molar-refractivity contribution in [3.63, 3.8) is 0 Å². The summed E-state index contributed by atoms with van der Waals surface area (Å²) in [5.74, 6) is -14.2. The van der Waals surface area contributed by atoms with Crippen LogP contribution >= 0.6 is 0 Å². The fourth-order valence-electron chi connectivity index (χ4n) is 2.86. The van der Waals surface area contributed by atoms with E-state index in [0.29, 0.717) is 24.3 Å². The molecule has 0 aliphatic heterocycles. The van der Waals surface area contributed by atoms with E-state index in [-0.39, 0.29) is 0 Å². The predicted molar refractivity (Wildman–Crippen MR) is 113 cm³/mol.